The fourth-order valence-electron chi connectivity index (χ4n) is 2.42. The van der Waals surface area contributed by atoms with Gasteiger partial charge in [-0.3, -0.25) is 4.68 Å². The number of aromatic nitrogens is 5. The second-order valence-electron chi connectivity index (χ2n) is 5.18. The van der Waals surface area contributed by atoms with Crippen LogP contribution in [0.25, 0.3) is 0 Å². The molecule has 1 aliphatic carbocycles. The first kappa shape index (κ1) is 12.2. The molecule has 1 aliphatic rings. The third-order valence-electron chi connectivity index (χ3n) is 3.64. The van der Waals surface area contributed by atoms with Gasteiger partial charge in [0, 0.05) is 13.1 Å². The van der Waals surface area contributed by atoms with Gasteiger partial charge in [0.15, 0.2) is 11.6 Å². The number of hydrogen-bond acceptors (Lipinski definition) is 4. The number of aryl methyl sites for hydroxylation is 3. The molecule has 0 aliphatic heterocycles. The molecule has 2 aromatic rings. The molecule has 0 unspecified atom stereocenters. The second kappa shape index (κ2) is 4.36. The van der Waals surface area contributed by atoms with Crippen molar-refractivity contribution in [1.29, 1.82) is 0 Å². The van der Waals surface area contributed by atoms with Gasteiger partial charge in [0.2, 0.25) is 0 Å². The maximum absolute atomic E-state index is 5.90. The van der Waals surface area contributed by atoms with Crippen molar-refractivity contribution in [2.75, 3.05) is 0 Å². The van der Waals surface area contributed by atoms with Gasteiger partial charge in [-0.2, -0.15) is 5.10 Å². The molecule has 1 fully saturated rings. The van der Waals surface area contributed by atoms with Gasteiger partial charge in [-0.1, -0.05) is 0 Å². The Kier molecular flexibility index (Phi) is 2.80. The van der Waals surface area contributed by atoms with Gasteiger partial charge >= 0.3 is 0 Å². The lowest BCUT2D eigenvalue weighted by molar-refractivity contribution is 0.284. The highest BCUT2D eigenvalue weighted by Gasteiger charge is 2.28. The molecule has 2 aromatic heterocycles. The van der Waals surface area contributed by atoms with Crippen LogP contribution in [0.3, 0.4) is 0 Å². The Morgan fingerprint density at radius 1 is 1.21 bits per heavy atom. The second-order valence-corrected chi connectivity index (χ2v) is 5.18. The van der Waals surface area contributed by atoms with Gasteiger partial charge in [0.1, 0.15) is 18.1 Å². The van der Waals surface area contributed by atoms with E-state index in [1.165, 1.54) is 12.8 Å². The number of hydrogen-bond donors (Lipinski definition) is 0. The van der Waals surface area contributed by atoms with Crippen molar-refractivity contribution in [2.45, 2.75) is 46.3 Å². The number of rotatable bonds is 4. The summed E-state index contributed by atoms with van der Waals surface area (Å²) in [5.41, 5.74) is 1.95. The summed E-state index contributed by atoms with van der Waals surface area (Å²) in [5, 5.41) is 12.7. The largest absolute Gasteiger partial charge is 0.482 e. The van der Waals surface area contributed by atoms with Crippen molar-refractivity contribution in [3.63, 3.8) is 0 Å². The lowest BCUT2D eigenvalue weighted by Gasteiger charge is -2.09. The molecular weight excluding hydrogens is 242 g/mol. The van der Waals surface area contributed by atoms with Crippen molar-refractivity contribution in [3.8, 4) is 5.75 Å². The number of nitrogens with zero attached hydrogens (tertiary/aromatic N) is 5. The van der Waals surface area contributed by atoms with E-state index in [0.29, 0.717) is 12.6 Å². The first-order valence-corrected chi connectivity index (χ1v) is 6.61. The van der Waals surface area contributed by atoms with E-state index in [4.69, 9.17) is 4.74 Å². The lowest BCUT2D eigenvalue weighted by atomic mass is 10.3. The van der Waals surface area contributed by atoms with Crippen LogP contribution in [0, 0.1) is 20.8 Å². The summed E-state index contributed by atoms with van der Waals surface area (Å²) < 4.78 is 9.93. The van der Waals surface area contributed by atoms with E-state index in [2.05, 4.69) is 19.9 Å². The van der Waals surface area contributed by atoms with Crippen molar-refractivity contribution < 1.29 is 4.74 Å². The Hall–Kier alpha value is -1.85. The van der Waals surface area contributed by atoms with Crippen LogP contribution in [-0.2, 0) is 13.7 Å². The zero-order chi connectivity index (χ0) is 13.6. The summed E-state index contributed by atoms with van der Waals surface area (Å²) in [6, 6.07) is 0.574. The van der Waals surface area contributed by atoms with Gasteiger partial charge in [0.25, 0.3) is 0 Å². The molecule has 0 amide bonds. The summed E-state index contributed by atoms with van der Waals surface area (Å²) >= 11 is 0. The minimum absolute atomic E-state index is 0.449. The van der Waals surface area contributed by atoms with E-state index in [0.717, 1.165) is 28.8 Å². The molecular formula is C13H19N5O. The van der Waals surface area contributed by atoms with Crippen LogP contribution in [0.15, 0.2) is 0 Å². The molecule has 0 bridgehead atoms. The summed E-state index contributed by atoms with van der Waals surface area (Å²) in [6.45, 7) is 6.41. The van der Waals surface area contributed by atoms with Gasteiger partial charge in [-0.25, -0.2) is 0 Å². The normalized spacial score (nSPS) is 14.9. The average molecular weight is 261 g/mol. The summed E-state index contributed by atoms with van der Waals surface area (Å²) in [4.78, 5) is 0. The molecule has 0 atom stereocenters. The smallest absolute Gasteiger partial charge is 0.171 e. The standard InChI is InChI=1S/C13H19N5O/c1-8-13(9(2)17(4)16-8)19-7-12-15-14-10(3)18(12)11-5-6-11/h11H,5-7H2,1-4H3. The van der Waals surface area contributed by atoms with Crippen LogP contribution in [0.1, 0.15) is 41.9 Å². The zero-order valence-electron chi connectivity index (χ0n) is 11.8. The van der Waals surface area contributed by atoms with Crippen molar-refractivity contribution in [3.05, 3.63) is 23.0 Å². The minimum atomic E-state index is 0.449. The highest BCUT2D eigenvalue weighted by molar-refractivity contribution is 5.31. The number of ether oxygens (including phenoxy) is 1. The Morgan fingerprint density at radius 3 is 2.53 bits per heavy atom. The third-order valence-corrected chi connectivity index (χ3v) is 3.64. The quantitative estimate of drug-likeness (QED) is 0.842. The first-order valence-electron chi connectivity index (χ1n) is 6.61. The summed E-state index contributed by atoms with van der Waals surface area (Å²) in [6.07, 6.45) is 2.44. The van der Waals surface area contributed by atoms with Crippen molar-refractivity contribution in [2.24, 2.45) is 7.05 Å². The third kappa shape index (κ3) is 2.11. The maximum atomic E-state index is 5.90. The molecule has 6 heteroatoms. The van der Waals surface area contributed by atoms with Gasteiger partial charge in [-0.05, 0) is 33.6 Å². The fraction of sp³-hybridized carbons (Fsp3) is 0.615. The Morgan fingerprint density at radius 2 is 1.95 bits per heavy atom. The fourth-order valence-corrected chi connectivity index (χ4v) is 2.42. The average Bonchev–Trinajstić information content (AvgIpc) is 3.08. The molecule has 6 nitrogen and oxygen atoms in total. The lowest BCUT2D eigenvalue weighted by Crippen LogP contribution is -2.07. The molecule has 102 valence electrons. The predicted octanol–water partition coefficient (Wildman–Crippen LogP) is 1.85. The summed E-state index contributed by atoms with van der Waals surface area (Å²) in [5.74, 6) is 2.73. The van der Waals surface area contributed by atoms with Gasteiger partial charge in [-0.15, -0.1) is 10.2 Å². The Balaban J connectivity index is 1.79. The van der Waals surface area contributed by atoms with Crippen molar-refractivity contribution in [1.82, 2.24) is 24.5 Å². The van der Waals surface area contributed by atoms with E-state index in [1.54, 1.807) is 0 Å². The zero-order valence-corrected chi connectivity index (χ0v) is 11.8. The predicted molar refractivity (Wildman–Crippen MR) is 70.0 cm³/mol. The Labute approximate surface area is 112 Å². The molecule has 0 spiro atoms. The van der Waals surface area contributed by atoms with Gasteiger partial charge in [0.05, 0.1) is 5.69 Å². The molecule has 0 radical (unpaired) electrons. The highest BCUT2D eigenvalue weighted by atomic mass is 16.5. The highest BCUT2D eigenvalue weighted by Crippen LogP contribution is 2.36. The molecule has 0 saturated heterocycles. The molecule has 0 aromatic carbocycles. The SMILES string of the molecule is Cc1nn(C)c(C)c1OCc1nnc(C)n1C1CC1. The topological polar surface area (TPSA) is 57.8 Å². The van der Waals surface area contributed by atoms with Crippen LogP contribution in [0.4, 0.5) is 0 Å². The van der Waals surface area contributed by atoms with Crippen LogP contribution >= 0.6 is 0 Å². The van der Waals surface area contributed by atoms with E-state index in [-0.39, 0.29) is 0 Å². The monoisotopic (exact) mass is 261 g/mol. The van der Waals surface area contributed by atoms with E-state index < -0.39 is 0 Å². The maximum Gasteiger partial charge on any atom is 0.171 e. The van der Waals surface area contributed by atoms with E-state index in [9.17, 15) is 0 Å². The van der Waals surface area contributed by atoms with Crippen molar-refractivity contribution >= 4 is 0 Å². The van der Waals surface area contributed by atoms with E-state index in [1.807, 2.05) is 32.5 Å². The Bertz CT molecular complexity index is 609. The van der Waals surface area contributed by atoms with Gasteiger partial charge < -0.3 is 9.30 Å². The molecule has 19 heavy (non-hydrogen) atoms. The van der Waals surface area contributed by atoms with Crippen LogP contribution in [0.5, 0.6) is 5.75 Å². The van der Waals surface area contributed by atoms with Crippen LogP contribution in [-0.4, -0.2) is 24.5 Å². The summed E-state index contributed by atoms with van der Waals surface area (Å²) in [7, 11) is 1.92. The first-order chi connectivity index (χ1) is 9.08. The minimum Gasteiger partial charge on any atom is -0.482 e. The molecule has 2 heterocycles. The molecule has 0 N–H and O–H groups in total. The molecule has 1 saturated carbocycles. The van der Waals surface area contributed by atoms with Crippen LogP contribution < -0.4 is 4.74 Å². The molecule has 3 rings (SSSR count). The van der Waals surface area contributed by atoms with E-state index >= 15 is 0 Å². The van der Waals surface area contributed by atoms with Crippen LogP contribution in [0.2, 0.25) is 0 Å².